The molecular formula is C15H32N2. The normalized spacial score (nSPS) is 25.8. The molecule has 1 saturated carbocycles. The summed E-state index contributed by atoms with van der Waals surface area (Å²) in [5, 5.41) is 0. The summed E-state index contributed by atoms with van der Waals surface area (Å²) in [7, 11) is 0. The minimum absolute atomic E-state index is 0.260. The van der Waals surface area contributed by atoms with E-state index >= 15 is 0 Å². The van der Waals surface area contributed by atoms with Crippen LogP contribution in [0.3, 0.4) is 0 Å². The highest BCUT2D eigenvalue weighted by Crippen LogP contribution is 2.33. The topological polar surface area (TPSA) is 29.3 Å². The highest BCUT2D eigenvalue weighted by Gasteiger charge is 2.32. The van der Waals surface area contributed by atoms with Gasteiger partial charge in [-0.15, -0.1) is 0 Å². The fraction of sp³-hybridized carbons (Fsp3) is 1.00. The van der Waals surface area contributed by atoms with Crippen LogP contribution in [0.5, 0.6) is 0 Å². The average Bonchev–Trinajstić information content (AvgIpc) is 2.76. The lowest BCUT2D eigenvalue weighted by atomic mass is 9.90. The van der Waals surface area contributed by atoms with E-state index in [1.165, 1.54) is 45.2 Å². The zero-order chi connectivity index (χ0) is 12.9. The summed E-state index contributed by atoms with van der Waals surface area (Å²) in [6.45, 7) is 12.4. The van der Waals surface area contributed by atoms with Gasteiger partial charge in [-0.25, -0.2) is 0 Å². The largest absolute Gasteiger partial charge is 0.330 e. The molecular weight excluding hydrogens is 208 g/mol. The molecule has 102 valence electrons. The van der Waals surface area contributed by atoms with Gasteiger partial charge in [-0.3, -0.25) is 4.90 Å². The van der Waals surface area contributed by atoms with Crippen LogP contribution in [0.4, 0.5) is 0 Å². The lowest BCUT2D eigenvalue weighted by Crippen LogP contribution is -2.45. The molecule has 0 aromatic heterocycles. The molecule has 2 N–H and O–H groups in total. The van der Waals surface area contributed by atoms with Gasteiger partial charge in [0, 0.05) is 12.6 Å². The average molecular weight is 240 g/mol. The summed E-state index contributed by atoms with van der Waals surface area (Å²) < 4.78 is 0. The summed E-state index contributed by atoms with van der Waals surface area (Å²) in [5.41, 5.74) is 6.15. The SMILES string of the molecule is CCCN(CC(C)(C)CN)C1CCCC1CC. The molecule has 0 radical (unpaired) electrons. The molecule has 0 aliphatic heterocycles. The molecule has 1 aliphatic rings. The molecule has 0 aromatic rings. The maximum atomic E-state index is 5.89. The van der Waals surface area contributed by atoms with Gasteiger partial charge in [-0.05, 0) is 43.7 Å². The van der Waals surface area contributed by atoms with Crippen LogP contribution in [0.2, 0.25) is 0 Å². The van der Waals surface area contributed by atoms with Crippen molar-refractivity contribution in [3.63, 3.8) is 0 Å². The second-order valence-corrected chi connectivity index (χ2v) is 6.51. The van der Waals surface area contributed by atoms with Crippen molar-refractivity contribution in [1.82, 2.24) is 4.90 Å². The molecule has 0 heterocycles. The molecule has 2 heteroatoms. The second kappa shape index (κ2) is 6.75. The van der Waals surface area contributed by atoms with E-state index in [0.29, 0.717) is 0 Å². The number of nitrogens with zero attached hydrogens (tertiary/aromatic N) is 1. The molecule has 0 spiro atoms. The molecule has 1 rings (SSSR count). The minimum Gasteiger partial charge on any atom is -0.330 e. The van der Waals surface area contributed by atoms with Gasteiger partial charge in [0.25, 0.3) is 0 Å². The van der Waals surface area contributed by atoms with Gasteiger partial charge in [-0.1, -0.05) is 40.5 Å². The molecule has 2 atom stereocenters. The first-order chi connectivity index (χ1) is 8.04. The summed E-state index contributed by atoms with van der Waals surface area (Å²) >= 11 is 0. The monoisotopic (exact) mass is 240 g/mol. The predicted octanol–water partition coefficient (Wildman–Crippen LogP) is 3.26. The maximum absolute atomic E-state index is 5.89. The molecule has 2 nitrogen and oxygen atoms in total. The van der Waals surface area contributed by atoms with Crippen LogP contribution >= 0.6 is 0 Å². The third kappa shape index (κ3) is 4.26. The Morgan fingerprint density at radius 2 is 1.94 bits per heavy atom. The van der Waals surface area contributed by atoms with E-state index in [4.69, 9.17) is 5.73 Å². The highest BCUT2D eigenvalue weighted by molar-refractivity contribution is 4.87. The summed E-state index contributed by atoms with van der Waals surface area (Å²) in [5.74, 6) is 0.926. The van der Waals surface area contributed by atoms with Crippen LogP contribution in [0, 0.1) is 11.3 Å². The van der Waals surface area contributed by atoms with Crippen molar-refractivity contribution in [1.29, 1.82) is 0 Å². The Balaban J connectivity index is 2.64. The molecule has 0 saturated heterocycles. The van der Waals surface area contributed by atoms with Gasteiger partial charge >= 0.3 is 0 Å². The first-order valence-corrected chi connectivity index (χ1v) is 7.48. The molecule has 0 bridgehead atoms. The van der Waals surface area contributed by atoms with Crippen molar-refractivity contribution in [3.05, 3.63) is 0 Å². The molecule has 0 aromatic carbocycles. The standard InChI is InChI=1S/C15H32N2/c1-5-10-17(12-15(3,4)11-16)14-9-7-8-13(14)6-2/h13-14H,5-12,16H2,1-4H3. The fourth-order valence-corrected chi connectivity index (χ4v) is 3.24. The summed E-state index contributed by atoms with van der Waals surface area (Å²) in [4.78, 5) is 2.73. The third-order valence-corrected chi connectivity index (χ3v) is 4.31. The third-order valence-electron chi connectivity index (χ3n) is 4.31. The smallest absolute Gasteiger partial charge is 0.0124 e. The lowest BCUT2D eigenvalue weighted by molar-refractivity contribution is 0.107. The Bertz CT molecular complexity index is 213. The Morgan fingerprint density at radius 1 is 1.24 bits per heavy atom. The van der Waals surface area contributed by atoms with Gasteiger partial charge in [0.15, 0.2) is 0 Å². The molecule has 17 heavy (non-hydrogen) atoms. The van der Waals surface area contributed by atoms with Gasteiger partial charge < -0.3 is 5.73 Å². The van der Waals surface area contributed by atoms with Crippen molar-refractivity contribution in [2.45, 2.75) is 65.8 Å². The fourth-order valence-electron chi connectivity index (χ4n) is 3.24. The Morgan fingerprint density at radius 3 is 2.47 bits per heavy atom. The Kier molecular flexibility index (Phi) is 5.94. The molecule has 1 fully saturated rings. The quantitative estimate of drug-likeness (QED) is 0.740. The molecule has 1 aliphatic carbocycles. The van der Waals surface area contributed by atoms with Gasteiger partial charge in [0.1, 0.15) is 0 Å². The van der Waals surface area contributed by atoms with Crippen molar-refractivity contribution >= 4 is 0 Å². The van der Waals surface area contributed by atoms with Crippen LogP contribution in [0.15, 0.2) is 0 Å². The number of hydrogen-bond acceptors (Lipinski definition) is 2. The van der Waals surface area contributed by atoms with Crippen molar-refractivity contribution in [3.8, 4) is 0 Å². The van der Waals surface area contributed by atoms with Gasteiger partial charge in [0.05, 0.1) is 0 Å². The van der Waals surface area contributed by atoms with Crippen LogP contribution < -0.4 is 5.73 Å². The minimum atomic E-state index is 0.260. The molecule has 0 amide bonds. The Hall–Kier alpha value is -0.0800. The van der Waals surface area contributed by atoms with E-state index < -0.39 is 0 Å². The predicted molar refractivity (Wildman–Crippen MR) is 76.1 cm³/mol. The number of rotatable bonds is 7. The van der Waals surface area contributed by atoms with E-state index in [0.717, 1.165) is 18.5 Å². The highest BCUT2D eigenvalue weighted by atomic mass is 15.2. The molecule has 2 unspecified atom stereocenters. The van der Waals surface area contributed by atoms with E-state index in [9.17, 15) is 0 Å². The first kappa shape index (κ1) is 15.0. The zero-order valence-electron chi connectivity index (χ0n) is 12.3. The van der Waals surface area contributed by atoms with Gasteiger partial charge in [0.2, 0.25) is 0 Å². The van der Waals surface area contributed by atoms with Crippen LogP contribution in [0.1, 0.15) is 59.8 Å². The maximum Gasteiger partial charge on any atom is 0.0124 e. The van der Waals surface area contributed by atoms with Crippen LogP contribution in [-0.4, -0.2) is 30.6 Å². The van der Waals surface area contributed by atoms with Crippen molar-refractivity contribution in [2.24, 2.45) is 17.1 Å². The summed E-state index contributed by atoms with van der Waals surface area (Å²) in [6.07, 6.45) is 6.86. The van der Waals surface area contributed by atoms with Crippen molar-refractivity contribution < 1.29 is 0 Å². The van der Waals surface area contributed by atoms with E-state index in [1.807, 2.05) is 0 Å². The van der Waals surface area contributed by atoms with Crippen LogP contribution in [-0.2, 0) is 0 Å². The van der Waals surface area contributed by atoms with E-state index in [2.05, 4.69) is 32.6 Å². The first-order valence-electron chi connectivity index (χ1n) is 7.48. The number of nitrogens with two attached hydrogens (primary N) is 1. The zero-order valence-corrected chi connectivity index (χ0v) is 12.3. The van der Waals surface area contributed by atoms with E-state index in [1.54, 1.807) is 0 Å². The second-order valence-electron chi connectivity index (χ2n) is 6.51. The Labute approximate surface area is 108 Å². The van der Waals surface area contributed by atoms with E-state index in [-0.39, 0.29) is 5.41 Å². The summed E-state index contributed by atoms with van der Waals surface area (Å²) in [6, 6.07) is 0.825. The van der Waals surface area contributed by atoms with Crippen molar-refractivity contribution in [2.75, 3.05) is 19.6 Å². The number of hydrogen-bond donors (Lipinski definition) is 1. The van der Waals surface area contributed by atoms with Gasteiger partial charge in [-0.2, -0.15) is 0 Å². The van der Waals surface area contributed by atoms with Crippen LogP contribution in [0.25, 0.3) is 0 Å². The lowest BCUT2D eigenvalue weighted by Gasteiger charge is -2.38.